The molecule has 2 aromatic rings. The molecular formula is C20H23BrN2O2. The van der Waals surface area contributed by atoms with Crippen LogP contribution in [-0.4, -0.2) is 30.8 Å². The molecular weight excluding hydrogens is 380 g/mol. The summed E-state index contributed by atoms with van der Waals surface area (Å²) in [6.45, 7) is 4.47. The number of piperidine rings is 1. The first-order valence-electron chi connectivity index (χ1n) is 8.85. The average Bonchev–Trinajstić information content (AvgIpc) is 3.10. The predicted octanol–water partition coefficient (Wildman–Crippen LogP) is 3.93. The lowest BCUT2D eigenvalue weighted by Gasteiger charge is -2.33. The Morgan fingerprint density at radius 3 is 2.88 bits per heavy atom. The van der Waals surface area contributed by atoms with Gasteiger partial charge in [-0.2, -0.15) is 0 Å². The molecule has 0 bridgehead atoms. The minimum Gasteiger partial charge on any atom is -0.454 e. The van der Waals surface area contributed by atoms with Crippen molar-refractivity contribution in [3.8, 4) is 11.5 Å². The summed E-state index contributed by atoms with van der Waals surface area (Å²) in [7, 11) is 0. The summed E-state index contributed by atoms with van der Waals surface area (Å²) >= 11 is 3.57. The van der Waals surface area contributed by atoms with Crippen molar-refractivity contribution in [2.24, 2.45) is 0 Å². The highest BCUT2D eigenvalue weighted by molar-refractivity contribution is 9.10. The highest BCUT2D eigenvalue weighted by Crippen LogP contribution is 2.39. The highest BCUT2D eigenvalue weighted by atomic mass is 79.9. The Morgan fingerprint density at radius 1 is 1.12 bits per heavy atom. The van der Waals surface area contributed by atoms with E-state index >= 15 is 0 Å². The molecule has 0 radical (unpaired) electrons. The van der Waals surface area contributed by atoms with Crippen molar-refractivity contribution in [2.45, 2.75) is 32.0 Å². The van der Waals surface area contributed by atoms with Gasteiger partial charge in [0.25, 0.3) is 0 Å². The second kappa shape index (κ2) is 7.77. The van der Waals surface area contributed by atoms with Gasteiger partial charge in [-0.05, 0) is 58.6 Å². The van der Waals surface area contributed by atoms with Crippen molar-refractivity contribution in [1.29, 1.82) is 0 Å². The van der Waals surface area contributed by atoms with Gasteiger partial charge >= 0.3 is 0 Å². The standard InChI is InChI=1S/C20H23BrN2O2/c21-18-9-16(10-19-20(18)25-14-24-19)11-22-17-7-4-8-23(13-17)12-15-5-2-1-3-6-15/h1-3,5-6,9-10,17,22H,4,7-8,11-14H2. The van der Waals surface area contributed by atoms with E-state index in [-0.39, 0.29) is 0 Å². The summed E-state index contributed by atoms with van der Waals surface area (Å²) in [5.41, 5.74) is 2.61. The molecule has 0 aromatic heterocycles. The first kappa shape index (κ1) is 16.9. The summed E-state index contributed by atoms with van der Waals surface area (Å²) in [4.78, 5) is 2.55. The minimum atomic E-state index is 0.307. The fourth-order valence-corrected chi connectivity index (χ4v) is 4.20. The lowest BCUT2D eigenvalue weighted by Crippen LogP contribution is -2.45. The quantitative estimate of drug-likeness (QED) is 0.821. The molecule has 1 unspecified atom stereocenters. The maximum absolute atomic E-state index is 5.51. The number of hydrogen-bond acceptors (Lipinski definition) is 4. The topological polar surface area (TPSA) is 33.7 Å². The van der Waals surface area contributed by atoms with Gasteiger partial charge < -0.3 is 14.8 Å². The molecule has 25 heavy (non-hydrogen) atoms. The molecule has 132 valence electrons. The Morgan fingerprint density at radius 2 is 2.00 bits per heavy atom. The fraction of sp³-hybridized carbons (Fsp3) is 0.400. The molecule has 5 heteroatoms. The van der Waals surface area contributed by atoms with Crippen molar-refractivity contribution in [3.05, 3.63) is 58.1 Å². The van der Waals surface area contributed by atoms with Crippen LogP contribution in [-0.2, 0) is 13.1 Å². The van der Waals surface area contributed by atoms with E-state index in [4.69, 9.17) is 9.47 Å². The summed E-state index contributed by atoms with van der Waals surface area (Å²) < 4.78 is 11.9. The van der Waals surface area contributed by atoms with Crippen molar-refractivity contribution in [3.63, 3.8) is 0 Å². The monoisotopic (exact) mass is 402 g/mol. The molecule has 0 amide bonds. The fourth-order valence-electron chi connectivity index (χ4n) is 3.59. The first-order valence-corrected chi connectivity index (χ1v) is 9.65. The molecule has 1 N–H and O–H groups in total. The van der Waals surface area contributed by atoms with Gasteiger partial charge in [0.2, 0.25) is 6.79 Å². The van der Waals surface area contributed by atoms with E-state index < -0.39 is 0 Å². The third-order valence-corrected chi connectivity index (χ3v) is 5.43. The van der Waals surface area contributed by atoms with E-state index in [0.717, 1.165) is 35.6 Å². The van der Waals surface area contributed by atoms with E-state index in [2.05, 4.69) is 68.6 Å². The molecule has 0 saturated carbocycles. The summed E-state index contributed by atoms with van der Waals surface area (Å²) in [6, 6.07) is 15.5. The lowest BCUT2D eigenvalue weighted by atomic mass is 10.0. The third-order valence-electron chi connectivity index (χ3n) is 4.84. The van der Waals surface area contributed by atoms with E-state index in [9.17, 15) is 0 Å². The van der Waals surface area contributed by atoms with Crippen LogP contribution in [0, 0.1) is 0 Å². The van der Waals surface area contributed by atoms with Gasteiger partial charge in [-0.1, -0.05) is 30.3 Å². The van der Waals surface area contributed by atoms with Crippen LogP contribution in [0.3, 0.4) is 0 Å². The lowest BCUT2D eigenvalue weighted by molar-refractivity contribution is 0.173. The van der Waals surface area contributed by atoms with Crippen LogP contribution < -0.4 is 14.8 Å². The summed E-state index contributed by atoms with van der Waals surface area (Å²) in [6.07, 6.45) is 2.48. The van der Waals surface area contributed by atoms with Crippen LogP contribution in [0.1, 0.15) is 24.0 Å². The maximum atomic E-state index is 5.51. The van der Waals surface area contributed by atoms with Gasteiger partial charge in [0.05, 0.1) is 4.47 Å². The number of rotatable bonds is 5. The molecule has 4 nitrogen and oxygen atoms in total. The number of likely N-dealkylation sites (tertiary alicyclic amines) is 1. The molecule has 1 saturated heterocycles. The van der Waals surface area contributed by atoms with Crippen molar-refractivity contribution < 1.29 is 9.47 Å². The number of fused-ring (bicyclic) bond motifs is 1. The second-order valence-corrected chi connectivity index (χ2v) is 7.61. The number of nitrogens with zero attached hydrogens (tertiary/aromatic N) is 1. The van der Waals surface area contributed by atoms with Crippen LogP contribution in [0.5, 0.6) is 11.5 Å². The molecule has 2 aliphatic heterocycles. The SMILES string of the molecule is Brc1cc(CNC2CCCN(Cc3ccccc3)C2)cc2c1OCO2. The Labute approximate surface area is 157 Å². The Bertz CT molecular complexity index is 723. The van der Waals surface area contributed by atoms with Crippen molar-refractivity contribution in [1.82, 2.24) is 10.2 Å². The Balaban J connectivity index is 1.33. The van der Waals surface area contributed by atoms with Gasteiger partial charge in [0.1, 0.15) is 0 Å². The van der Waals surface area contributed by atoms with Crippen LogP contribution >= 0.6 is 15.9 Å². The molecule has 0 aliphatic carbocycles. The number of halogens is 1. The zero-order valence-corrected chi connectivity index (χ0v) is 15.8. The molecule has 2 heterocycles. The highest BCUT2D eigenvalue weighted by Gasteiger charge is 2.21. The largest absolute Gasteiger partial charge is 0.454 e. The summed E-state index contributed by atoms with van der Waals surface area (Å²) in [5, 5.41) is 3.71. The Hall–Kier alpha value is -1.56. The normalized spacial score (nSPS) is 20.0. The molecule has 0 spiro atoms. The van der Waals surface area contributed by atoms with Crippen molar-refractivity contribution in [2.75, 3.05) is 19.9 Å². The number of ether oxygens (including phenoxy) is 2. The van der Waals surface area contributed by atoms with E-state index in [1.165, 1.54) is 30.5 Å². The van der Waals surface area contributed by atoms with Crippen LogP contribution in [0.15, 0.2) is 46.9 Å². The van der Waals surface area contributed by atoms with Gasteiger partial charge in [-0.25, -0.2) is 0 Å². The summed E-state index contributed by atoms with van der Waals surface area (Å²) in [5.74, 6) is 1.65. The zero-order valence-electron chi connectivity index (χ0n) is 14.2. The molecule has 2 aromatic carbocycles. The first-order chi connectivity index (χ1) is 12.3. The van der Waals surface area contributed by atoms with Gasteiger partial charge in [0, 0.05) is 25.7 Å². The molecule has 2 aliphatic rings. The molecule has 4 rings (SSSR count). The van der Waals surface area contributed by atoms with Crippen molar-refractivity contribution >= 4 is 15.9 Å². The van der Waals surface area contributed by atoms with Crippen LogP contribution in [0.4, 0.5) is 0 Å². The zero-order chi connectivity index (χ0) is 17.1. The molecule has 1 fully saturated rings. The third kappa shape index (κ3) is 4.17. The smallest absolute Gasteiger partial charge is 0.231 e. The van der Waals surface area contributed by atoms with E-state index in [1.54, 1.807) is 0 Å². The average molecular weight is 403 g/mol. The van der Waals surface area contributed by atoms with Gasteiger partial charge in [-0.15, -0.1) is 0 Å². The minimum absolute atomic E-state index is 0.307. The predicted molar refractivity (Wildman–Crippen MR) is 102 cm³/mol. The Kier molecular flexibility index (Phi) is 5.25. The number of benzene rings is 2. The molecule has 1 atom stereocenters. The number of nitrogens with one attached hydrogen (secondary N) is 1. The second-order valence-electron chi connectivity index (χ2n) is 6.75. The van der Waals surface area contributed by atoms with E-state index in [0.29, 0.717) is 12.8 Å². The maximum Gasteiger partial charge on any atom is 0.231 e. The van der Waals surface area contributed by atoms with Crippen LogP contribution in [0.25, 0.3) is 0 Å². The number of hydrogen-bond donors (Lipinski definition) is 1. The van der Waals surface area contributed by atoms with E-state index in [1.807, 2.05) is 0 Å². The van der Waals surface area contributed by atoms with Gasteiger partial charge in [0.15, 0.2) is 11.5 Å². The van der Waals surface area contributed by atoms with Gasteiger partial charge in [-0.3, -0.25) is 4.90 Å². The van der Waals surface area contributed by atoms with Crippen LogP contribution in [0.2, 0.25) is 0 Å².